The molecule has 1 aromatic heterocycles. The zero-order chi connectivity index (χ0) is 15.2. The molecule has 1 aromatic rings. The first-order valence-electron chi connectivity index (χ1n) is 7.95. The lowest BCUT2D eigenvalue weighted by atomic mass is 9.97. The number of hydrogen-bond donors (Lipinski definition) is 1. The Morgan fingerprint density at radius 2 is 2.29 bits per heavy atom. The van der Waals surface area contributed by atoms with Gasteiger partial charge >= 0.3 is 0 Å². The number of unbranched alkanes of at least 4 members (excludes halogenated alkanes) is 1. The molecular formula is C16H26N4O. The molecule has 0 bridgehead atoms. The molecule has 0 radical (unpaired) electrons. The summed E-state index contributed by atoms with van der Waals surface area (Å²) in [5.41, 5.74) is 1.01. The molecule has 0 spiro atoms. The molecule has 0 saturated carbocycles. The Hall–Kier alpha value is -1.65. The number of anilines is 1. The largest absolute Gasteiger partial charge is 0.359 e. The number of aromatic nitrogens is 2. The molecular weight excluding hydrogens is 264 g/mol. The minimum atomic E-state index is 0.0677. The number of piperidine rings is 1. The van der Waals surface area contributed by atoms with E-state index >= 15 is 0 Å². The third-order valence-corrected chi connectivity index (χ3v) is 4.00. The van der Waals surface area contributed by atoms with E-state index in [0.717, 1.165) is 62.5 Å². The van der Waals surface area contributed by atoms with Gasteiger partial charge in [-0.05, 0) is 26.2 Å². The number of rotatable bonds is 5. The number of hydrogen-bond acceptors (Lipinski definition) is 4. The monoisotopic (exact) mass is 290 g/mol. The van der Waals surface area contributed by atoms with Crippen molar-refractivity contribution < 1.29 is 4.79 Å². The summed E-state index contributed by atoms with van der Waals surface area (Å²) in [6.07, 6.45) is 5.19. The summed E-state index contributed by atoms with van der Waals surface area (Å²) in [6.45, 7) is 5.91. The van der Waals surface area contributed by atoms with E-state index < -0.39 is 0 Å². The van der Waals surface area contributed by atoms with Crippen LogP contribution in [0.15, 0.2) is 6.07 Å². The van der Waals surface area contributed by atoms with Gasteiger partial charge in [0.2, 0.25) is 5.91 Å². The van der Waals surface area contributed by atoms with Gasteiger partial charge in [0.1, 0.15) is 11.6 Å². The highest BCUT2D eigenvalue weighted by Crippen LogP contribution is 2.22. The molecule has 0 aromatic carbocycles. The van der Waals surface area contributed by atoms with Crippen LogP contribution in [0.3, 0.4) is 0 Å². The summed E-state index contributed by atoms with van der Waals surface area (Å²) in [4.78, 5) is 23.3. The minimum absolute atomic E-state index is 0.0677. The molecule has 2 heterocycles. The molecule has 1 aliphatic rings. The van der Waals surface area contributed by atoms with Gasteiger partial charge in [-0.2, -0.15) is 0 Å². The number of aryl methyl sites for hydroxylation is 2. The Morgan fingerprint density at radius 3 is 3.00 bits per heavy atom. The molecule has 1 N–H and O–H groups in total. The van der Waals surface area contributed by atoms with E-state index in [2.05, 4.69) is 22.1 Å². The highest BCUT2D eigenvalue weighted by Gasteiger charge is 2.26. The number of nitrogens with zero attached hydrogens (tertiary/aromatic N) is 3. The van der Waals surface area contributed by atoms with Crippen LogP contribution in [0.25, 0.3) is 0 Å². The second kappa shape index (κ2) is 7.38. The lowest BCUT2D eigenvalue weighted by Gasteiger charge is -2.32. The van der Waals surface area contributed by atoms with Gasteiger partial charge in [-0.15, -0.1) is 0 Å². The van der Waals surface area contributed by atoms with Crippen LogP contribution >= 0.6 is 0 Å². The minimum Gasteiger partial charge on any atom is -0.359 e. The van der Waals surface area contributed by atoms with E-state index in [1.165, 1.54) is 0 Å². The first-order valence-corrected chi connectivity index (χ1v) is 7.95. The van der Waals surface area contributed by atoms with Gasteiger partial charge in [0, 0.05) is 38.3 Å². The molecule has 0 unspecified atom stereocenters. The van der Waals surface area contributed by atoms with Gasteiger partial charge in [0.25, 0.3) is 0 Å². The highest BCUT2D eigenvalue weighted by atomic mass is 16.1. The normalized spacial score (nSPS) is 18.6. The first kappa shape index (κ1) is 15.7. The van der Waals surface area contributed by atoms with Crippen molar-refractivity contribution in [2.45, 2.75) is 46.0 Å². The molecule has 1 aliphatic heterocycles. The number of carbonyl (C=O) groups excluding carboxylic acids is 1. The molecule has 1 fully saturated rings. The van der Waals surface area contributed by atoms with E-state index in [4.69, 9.17) is 4.98 Å². The van der Waals surface area contributed by atoms with Crippen molar-refractivity contribution in [1.82, 2.24) is 15.3 Å². The van der Waals surface area contributed by atoms with E-state index in [-0.39, 0.29) is 11.8 Å². The van der Waals surface area contributed by atoms with Crippen LogP contribution in [-0.2, 0) is 11.2 Å². The van der Waals surface area contributed by atoms with Crippen molar-refractivity contribution in [2.75, 3.05) is 25.0 Å². The maximum Gasteiger partial charge on any atom is 0.224 e. The van der Waals surface area contributed by atoms with E-state index in [0.29, 0.717) is 0 Å². The quantitative estimate of drug-likeness (QED) is 0.902. The SMILES string of the molecule is CCCCc1nc(C)cc(N2CCC[C@@H](C(=O)NC)C2)n1. The third-order valence-electron chi connectivity index (χ3n) is 4.00. The van der Waals surface area contributed by atoms with Crippen LogP contribution in [0.4, 0.5) is 5.82 Å². The first-order chi connectivity index (χ1) is 10.1. The number of nitrogens with one attached hydrogen (secondary N) is 1. The number of amides is 1. The maximum atomic E-state index is 11.8. The lowest BCUT2D eigenvalue weighted by Crippen LogP contribution is -2.42. The van der Waals surface area contributed by atoms with Crippen LogP contribution in [-0.4, -0.2) is 36.0 Å². The van der Waals surface area contributed by atoms with E-state index in [9.17, 15) is 4.79 Å². The Balaban J connectivity index is 2.12. The fourth-order valence-electron chi connectivity index (χ4n) is 2.82. The van der Waals surface area contributed by atoms with Crippen LogP contribution < -0.4 is 10.2 Å². The van der Waals surface area contributed by atoms with Gasteiger partial charge < -0.3 is 10.2 Å². The van der Waals surface area contributed by atoms with Gasteiger partial charge in [0.15, 0.2) is 0 Å². The molecule has 2 rings (SSSR count). The van der Waals surface area contributed by atoms with Crippen molar-refractivity contribution in [3.05, 3.63) is 17.6 Å². The molecule has 116 valence electrons. The van der Waals surface area contributed by atoms with Crippen molar-refractivity contribution in [1.29, 1.82) is 0 Å². The average molecular weight is 290 g/mol. The van der Waals surface area contributed by atoms with Crippen LogP contribution in [0, 0.1) is 12.8 Å². The van der Waals surface area contributed by atoms with Crippen molar-refractivity contribution in [3.63, 3.8) is 0 Å². The smallest absolute Gasteiger partial charge is 0.224 e. The molecule has 5 nitrogen and oxygen atoms in total. The average Bonchev–Trinajstić information content (AvgIpc) is 2.51. The highest BCUT2D eigenvalue weighted by molar-refractivity contribution is 5.79. The summed E-state index contributed by atoms with van der Waals surface area (Å²) in [6, 6.07) is 2.03. The van der Waals surface area contributed by atoms with Crippen LogP contribution in [0.1, 0.15) is 44.1 Å². The van der Waals surface area contributed by atoms with Crippen molar-refractivity contribution >= 4 is 11.7 Å². The summed E-state index contributed by atoms with van der Waals surface area (Å²) < 4.78 is 0. The molecule has 1 saturated heterocycles. The van der Waals surface area contributed by atoms with Gasteiger partial charge in [-0.3, -0.25) is 4.79 Å². The summed E-state index contributed by atoms with van der Waals surface area (Å²) in [5.74, 6) is 2.10. The zero-order valence-corrected chi connectivity index (χ0v) is 13.4. The molecule has 21 heavy (non-hydrogen) atoms. The Labute approximate surface area is 127 Å². The van der Waals surface area contributed by atoms with Gasteiger partial charge in [0.05, 0.1) is 5.92 Å². The molecule has 1 atom stereocenters. The zero-order valence-electron chi connectivity index (χ0n) is 13.4. The van der Waals surface area contributed by atoms with Gasteiger partial charge in [-0.1, -0.05) is 13.3 Å². The van der Waals surface area contributed by atoms with Gasteiger partial charge in [-0.25, -0.2) is 9.97 Å². The second-order valence-electron chi connectivity index (χ2n) is 5.79. The Kier molecular flexibility index (Phi) is 5.53. The van der Waals surface area contributed by atoms with Crippen LogP contribution in [0.5, 0.6) is 0 Å². The van der Waals surface area contributed by atoms with Crippen molar-refractivity contribution in [3.8, 4) is 0 Å². The summed E-state index contributed by atoms with van der Waals surface area (Å²) in [5, 5.41) is 2.76. The van der Waals surface area contributed by atoms with Crippen molar-refractivity contribution in [2.24, 2.45) is 5.92 Å². The van der Waals surface area contributed by atoms with Crippen LogP contribution in [0.2, 0.25) is 0 Å². The number of carbonyl (C=O) groups is 1. The predicted molar refractivity (Wildman–Crippen MR) is 84.4 cm³/mol. The molecule has 1 amide bonds. The topological polar surface area (TPSA) is 58.1 Å². The molecule has 5 heteroatoms. The standard InChI is InChI=1S/C16H26N4O/c1-4-5-8-14-18-12(2)10-15(19-14)20-9-6-7-13(11-20)16(21)17-3/h10,13H,4-9,11H2,1-3H3,(H,17,21)/t13-/m1/s1. The predicted octanol–water partition coefficient (Wildman–Crippen LogP) is 2.09. The second-order valence-corrected chi connectivity index (χ2v) is 5.79. The fourth-order valence-corrected chi connectivity index (χ4v) is 2.82. The summed E-state index contributed by atoms with van der Waals surface area (Å²) in [7, 11) is 1.71. The van der Waals surface area contributed by atoms with E-state index in [1.54, 1.807) is 7.05 Å². The third kappa shape index (κ3) is 4.16. The Bertz CT molecular complexity index is 489. The maximum absolute atomic E-state index is 11.8. The van der Waals surface area contributed by atoms with E-state index in [1.807, 2.05) is 13.0 Å². The summed E-state index contributed by atoms with van der Waals surface area (Å²) >= 11 is 0. The molecule has 0 aliphatic carbocycles. The lowest BCUT2D eigenvalue weighted by molar-refractivity contribution is -0.124. The Morgan fingerprint density at radius 1 is 1.48 bits per heavy atom. The fraction of sp³-hybridized carbons (Fsp3) is 0.688.